The molecule has 1 aliphatic rings. The zero-order chi connectivity index (χ0) is 13.8. The van der Waals surface area contributed by atoms with Crippen molar-refractivity contribution in [1.29, 1.82) is 0 Å². The molecule has 0 aliphatic carbocycles. The Morgan fingerprint density at radius 1 is 1.32 bits per heavy atom. The highest BCUT2D eigenvalue weighted by atomic mass is 19.1. The van der Waals surface area contributed by atoms with E-state index in [4.69, 9.17) is 5.73 Å². The largest absolute Gasteiger partial charge is 0.326 e. The van der Waals surface area contributed by atoms with Crippen LogP contribution in [0.1, 0.15) is 24.5 Å². The van der Waals surface area contributed by atoms with Crippen LogP contribution in [-0.4, -0.2) is 42.5 Å². The molecule has 0 spiro atoms. The van der Waals surface area contributed by atoms with Crippen LogP contribution in [0.4, 0.5) is 4.39 Å². The number of hydrogen-bond acceptors (Lipinski definition) is 3. The van der Waals surface area contributed by atoms with Gasteiger partial charge < -0.3 is 10.6 Å². The molecule has 0 radical (unpaired) electrons. The Balaban J connectivity index is 2.11. The smallest absolute Gasteiger partial charge is 0.123 e. The number of benzene rings is 1. The van der Waals surface area contributed by atoms with Crippen LogP contribution in [-0.2, 0) is 13.1 Å². The Morgan fingerprint density at radius 3 is 2.84 bits per heavy atom. The molecule has 0 amide bonds. The molecular formula is C15H24FN3. The molecule has 3 nitrogen and oxygen atoms in total. The van der Waals surface area contributed by atoms with Gasteiger partial charge in [0.1, 0.15) is 5.82 Å². The van der Waals surface area contributed by atoms with Crippen molar-refractivity contribution in [3.05, 3.63) is 35.1 Å². The van der Waals surface area contributed by atoms with Crippen LogP contribution in [0, 0.1) is 5.82 Å². The molecule has 2 rings (SSSR count). The Kier molecular flexibility index (Phi) is 4.91. The molecule has 0 bridgehead atoms. The van der Waals surface area contributed by atoms with Crippen molar-refractivity contribution in [2.75, 3.05) is 26.7 Å². The van der Waals surface area contributed by atoms with E-state index in [1.807, 2.05) is 6.07 Å². The number of rotatable bonds is 3. The molecule has 0 saturated carbocycles. The second kappa shape index (κ2) is 6.46. The zero-order valence-electron chi connectivity index (χ0n) is 11.9. The Hall–Kier alpha value is -0.970. The van der Waals surface area contributed by atoms with E-state index in [2.05, 4.69) is 23.8 Å². The summed E-state index contributed by atoms with van der Waals surface area (Å²) >= 11 is 0. The fourth-order valence-corrected chi connectivity index (χ4v) is 2.81. The summed E-state index contributed by atoms with van der Waals surface area (Å²) in [5.41, 5.74) is 7.79. The lowest BCUT2D eigenvalue weighted by Gasteiger charge is -2.28. The maximum Gasteiger partial charge on any atom is 0.123 e. The molecule has 1 aromatic rings. The van der Waals surface area contributed by atoms with Crippen molar-refractivity contribution < 1.29 is 4.39 Å². The number of likely N-dealkylation sites (N-methyl/N-ethyl adjacent to an activating group) is 1. The van der Waals surface area contributed by atoms with Gasteiger partial charge in [-0.2, -0.15) is 0 Å². The standard InChI is InChI=1S/C15H24FN3/c1-12-10-18(2)6-3-7-19(12)11-13-4-5-15(16)8-14(13)9-17/h4-5,8,12H,3,6-7,9-11,17H2,1-2H3. The molecule has 19 heavy (non-hydrogen) atoms. The normalized spacial score (nSPS) is 22.4. The third-order valence-corrected chi connectivity index (χ3v) is 3.95. The van der Waals surface area contributed by atoms with Crippen molar-refractivity contribution in [3.8, 4) is 0 Å². The predicted octanol–water partition coefficient (Wildman–Crippen LogP) is 1.81. The van der Waals surface area contributed by atoms with Gasteiger partial charge in [0.25, 0.3) is 0 Å². The lowest BCUT2D eigenvalue weighted by Crippen LogP contribution is -2.37. The fourth-order valence-electron chi connectivity index (χ4n) is 2.81. The van der Waals surface area contributed by atoms with Crippen LogP contribution in [0.5, 0.6) is 0 Å². The summed E-state index contributed by atoms with van der Waals surface area (Å²) in [6.07, 6.45) is 1.18. The van der Waals surface area contributed by atoms with Gasteiger partial charge in [-0.25, -0.2) is 4.39 Å². The lowest BCUT2D eigenvalue weighted by molar-refractivity contribution is 0.194. The number of hydrogen-bond donors (Lipinski definition) is 1. The molecule has 4 heteroatoms. The quantitative estimate of drug-likeness (QED) is 0.904. The van der Waals surface area contributed by atoms with Gasteiger partial charge in [0.05, 0.1) is 0 Å². The molecule has 1 heterocycles. The maximum absolute atomic E-state index is 13.2. The van der Waals surface area contributed by atoms with E-state index in [-0.39, 0.29) is 5.82 Å². The SMILES string of the molecule is CC1CN(C)CCCN1Cc1ccc(F)cc1CN. The minimum Gasteiger partial charge on any atom is -0.326 e. The lowest BCUT2D eigenvalue weighted by atomic mass is 10.1. The van der Waals surface area contributed by atoms with Crippen molar-refractivity contribution in [2.24, 2.45) is 5.73 Å². The van der Waals surface area contributed by atoms with Crippen LogP contribution in [0.2, 0.25) is 0 Å². The van der Waals surface area contributed by atoms with Crippen molar-refractivity contribution >= 4 is 0 Å². The first-order chi connectivity index (χ1) is 9.10. The Morgan fingerprint density at radius 2 is 2.11 bits per heavy atom. The summed E-state index contributed by atoms with van der Waals surface area (Å²) in [5, 5.41) is 0. The molecular weight excluding hydrogens is 241 g/mol. The van der Waals surface area contributed by atoms with Crippen molar-refractivity contribution in [2.45, 2.75) is 32.5 Å². The first-order valence-corrected chi connectivity index (χ1v) is 7.00. The average molecular weight is 265 g/mol. The van der Waals surface area contributed by atoms with Crippen LogP contribution in [0.25, 0.3) is 0 Å². The van der Waals surface area contributed by atoms with Crippen LogP contribution >= 0.6 is 0 Å². The first-order valence-electron chi connectivity index (χ1n) is 7.00. The molecule has 106 valence electrons. The highest BCUT2D eigenvalue weighted by Crippen LogP contribution is 2.17. The number of nitrogens with zero attached hydrogens (tertiary/aromatic N) is 2. The van der Waals surface area contributed by atoms with Gasteiger partial charge in [0.15, 0.2) is 0 Å². The van der Waals surface area contributed by atoms with Gasteiger partial charge in [0.2, 0.25) is 0 Å². The van der Waals surface area contributed by atoms with Crippen molar-refractivity contribution in [3.63, 3.8) is 0 Å². The topological polar surface area (TPSA) is 32.5 Å². The molecule has 0 aromatic heterocycles. The summed E-state index contributed by atoms with van der Waals surface area (Å²) in [6.45, 7) is 6.84. The molecule has 1 unspecified atom stereocenters. The second-order valence-electron chi connectivity index (χ2n) is 5.55. The summed E-state index contributed by atoms with van der Waals surface area (Å²) in [7, 11) is 2.17. The highest BCUT2D eigenvalue weighted by Gasteiger charge is 2.20. The molecule has 1 aliphatic heterocycles. The first kappa shape index (κ1) is 14.4. The average Bonchev–Trinajstić information content (AvgIpc) is 2.53. The third kappa shape index (κ3) is 3.75. The molecule has 1 saturated heterocycles. The molecule has 1 aromatic carbocycles. The van der Waals surface area contributed by atoms with E-state index in [0.29, 0.717) is 12.6 Å². The maximum atomic E-state index is 13.2. The van der Waals surface area contributed by atoms with Gasteiger partial charge in [0, 0.05) is 32.2 Å². The Labute approximate surface area is 115 Å². The van der Waals surface area contributed by atoms with Crippen LogP contribution in [0.15, 0.2) is 18.2 Å². The Bertz CT molecular complexity index is 422. The van der Waals surface area contributed by atoms with Crippen LogP contribution < -0.4 is 5.73 Å². The van der Waals surface area contributed by atoms with Crippen LogP contribution in [0.3, 0.4) is 0 Å². The summed E-state index contributed by atoms with van der Waals surface area (Å²) in [4.78, 5) is 4.84. The predicted molar refractivity (Wildman–Crippen MR) is 76.3 cm³/mol. The van der Waals surface area contributed by atoms with Gasteiger partial charge >= 0.3 is 0 Å². The van der Waals surface area contributed by atoms with Gasteiger partial charge in [-0.15, -0.1) is 0 Å². The van der Waals surface area contributed by atoms with Gasteiger partial charge in [-0.1, -0.05) is 6.07 Å². The van der Waals surface area contributed by atoms with Gasteiger partial charge in [-0.05, 0) is 50.2 Å². The third-order valence-electron chi connectivity index (χ3n) is 3.95. The van der Waals surface area contributed by atoms with E-state index in [9.17, 15) is 4.39 Å². The van der Waals surface area contributed by atoms with E-state index in [0.717, 1.165) is 37.3 Å². The fraction of sp³-hybridized carbons (Fsp3) is 0.600. The van der Waals surface area contributed by atoms with E-state index in [1.54, 1.807) is 6.07 Å². The highest BCUT2D eigenvalue weighted by molar-refractivity contribution is 5.27. The minimum atomic E-state index is -0.201. The summed E-state index contributed by atoms with van der Waals surface area (Å²) in [5.74, 6) is -0.201. The molecule has 1 atom stereocenters. The number of nitrogens with two attached hydrogens (primary N) is 1. The monoisotopic (exact) mass is 265 g/mol. The number of halogens is 1. The minimum absolute atomic E-state index is 0.201. The molecule has 2 N–H and O–H groups in total. The second-order valence-corrected chi connectivity index (χ2v) is 5.55. The summed E-state index contributed by atoms with van der Waals surface area (Å²) in [6, 6.07) is 5.48. The van der Waals surface area contributed by atoms with Gasteiger partial charge in [-0.3, -0.25) is 4.90 Å². The van der Waals surface area contributed by atoms with E-state index in [1.165, 1.54) is 12.5 Å². The summed E-state index contributed by atoms with van der Waals surface area (Å²) < 4.78 is 13.2. The zero-order valence-corrected chi connectivity index (χ0v) is 11.9. The van der Waals surface area contributed by atoms with E-state index >= 15 is 0 Å². The van der Waals surface area contributed by atoms with E-state index < -0.39 is 0 Å². The van der Waals surface area contributed by atoms with Crippen molar-refractivity contribution in [1.82, 2.24) is 9.80 Å². The molecule has 1 fully saturated rings.